The zero-order valence-electron chi connectivity index (χ0n) is 16.9. The molecule has 0 amide bonds. The highest BCUT2D eigenvalue weighted by atomic mass is 16.5. The predicted molar refractivity (Wildman–Crippen MR) is 113 cm³/mol. The number of fused-ring (bicyclic) bond motifs is 2. The van der Waals surface area contributed by atoms with Gasteiger partial charge in [0.25, 0.3) is 0 Å². The number of unbranched alkanes of at least 4 members (excludes halogenated alkanes) is 1. The molecule has 0 spiro atoms. The molecule has 0 radical (unpaired) electrons. The number of nitrogens with zero attached hydrogens (tertiary/aromatic N) is 1. The van der Waals surface area contributed by atoms with Gasteiger partial charge in [-0.2, -0.15) is 0 Å². The van der Waals surface area contributed by atoms with Crippen LogP contribution in [0.25, 0.3) is 11.0 Å². The Bertz CT molecular complexity index is 1070. The van der Waals surface area contributed by atoms with Gasteiger partial charge in [-0.3, -0.25) is 0 Å². The number of benzene rings is 2. The number of hydrogen-bond donors (Lipinski definition) is 0. The van der Waals surface area contributed by atoms with E-state index in [1.807, 2.05) is 6.92 Å². The van der Waals surface area contributed by atoms with E-state index in [2.05, 4.69) is 49.1 Å². The predicted octanol–water partition coefficient (Wildman–Crippen LogP) is 5.36. The lowest BCUT2D eigenvalue weighted by molar-refractivity contribution is 0.287. The first kappa shape index (κ1) is 18.6. The molecule has 4 heteroatoms. The molecule has 0 bridgehead atoms. The third-order valence-electron chi connectivity index (χ3n) is 5.62. The van der Waals surface area contributed by atoms with Crippen molar-refractivity contribution in [2.75, 3.05) is 11.6 Å². The lowest BCUT2D eigenvalue weighted by Crippen LogP contribution is -2.33. The minimum Gasteiger partial charge on any atom is -0.472 e. The van der Waals surface area contributed by atoms with Gasteiger partial charge in [0, 0.05) is 34.8 Å². The Morgan fingerprint density at radius 1 is 1.11 bits per heavy atom. The fourth-order valence-electron chi connectivity index (χ4n) is 4.13. The lowest BCUT2D eigenvalue weighted by Gasteiger charge is -2.33. The van der Waals surface area contributed by atoms with Gasteiger partial charge < -0.3 is 14.1 Å². The molecule has 0 saturated carbocycles. The molecule has 0 unspecified atom stereocenters. The van der Waals surface area contributed by atoms with Crippen LogP contribution < -0.4 is 15.3 Å². The maximum absolute atomic E-state index is 12.1. The molecule has 2 aromatic carbocycles. The molecule has 4 rings (SSSR count). The summed E-state index contributed by atoms with van der Waals surface area (Å²) in [6, 6.07) is 12.3. The van der Waals surface area contributed by atoms with Crippen molar-refractivity contribution >= 4 is 16.7 Å². The van der Waals surface area contributed by atoms with Gasteiger partial charge in [0.2, 0.25) is 0 Å². The number of aryl methyl sites for hydroxylation is 3. The average Bonchev–Trinajstić information content (AvgIpc) is 2.72. The van der Waals surface area contributed by atoms with Crippen LogP contribution in [0.2, 0.25) is 0 Å². The van der Waals surface area contributed by atoms with E-state index in [1.165, 1.54) is 11.3 Å². The third kappa shape index (κ3) is 3.28. The van der Waals surface area contributed by atoms with Crippen molar-refractivity contribution in [2.45, 2.75) is 53.0 Å². The summed E-state index contributed by atoms with van der Waals surface area (Å²) < 4.78 is 11.7. The van der Waals surface area contributed by atoms with Crippen LogP contribution in [0.1, 0.15) is 48.9 Å². The number of rotatable bonds is 5. The van der Waals surface area contributed by atoms with Crippen molar-refractivity contribution in [1.82, 2.24) is 0 Å². The Kier molecular flexibility index (Phi) is 5.12. The summed E-state index contributed by atoms with van der Waals surface area (Å²) in [6.45, 7) is 7.61. The first-order valence-corrected chi connectivity index (χ1v) is 10.2. The molecular weight excluding hydrogens is 350 g/mol. The zero-order chi connectivity index (χ0) is 19.7. The fraction of sp³-hybridized carbons (Fsp3) is 0.375. The average molecular weight is 377 g/mol. The van der Waals surface area contributed by atoms with E-state index in [-0.39, 0.29) is 5.63 Å². The van der Waals surface area contributed by atoms with Crippen molar-refractivity contribution in [2.24, 2.45) is 0 Å². The van der Waals surface area contributed by atoms with E-state index in [1.54, 1.807) is 6.07 Å². The van der Waals surface area contributed by atoms with Crippen molar-refractivity contribution < 1.29 is 9.15 Å². The highest BCUT2D eigenvalue weighted by Crippen LogP contribution is 2.37. The number of ether oxygens (including phenoxy) is 1. The fourth-order valence-corrected chi connectivity index (χ4v) is 4.13. The van der Waals surface area contributed by atoms with E-state index in [4.69, 9.17) is 9.15 Å². The molecular formula is C24H27NO3. The summed E-state index contributed by atoms with van der Waals surface area (Å²) in [5.74, 6) is 0.855. The van der Waals surface area contributed by atoms with Gasteiger partial charge >= 0.3 is 5.63 Å². The maximum atomic E-state index is 12.1. The number of hydrogen-bond acceptors (Lipinski definition) is 4. The van der Waals surface area contributed by atoms with Crippen LogP contribution in [-0.4, -0.2) is 6.73 Å². The van der Waals surface area contributed by atoms with E-state index in [0.717, 1.165) is 60.1 Å². The second-order valence-corrected chi connectivity index (χ2v) is 7.51. The maximum Gasteiger partial charge on any atom is 0.336 e. The van der Waals surface area contributed by atoms with Gasteiger partial charge in [-0.25, -0.2) is 4.79 Å². The molecule has 28 heavy (non-hydrogen) atoms. The Hall–Kier alpha value is -2.75. The van der Waals surface area contributed by atoms with Crippen molar-refractivity contribution in [3.05, 3.63) is 69.1 Å². The summed E-state index contributed by atoms with van der Waals surface area (Å²) >= 11 is 0. The van der Waals surface area contributed by atoms with Gasteiger partial charge in [0.05, 0.1) is 0 Å². The molecule has 0 N–H and O–H groups in total. The van der Waals surface area contributed by atoms with Gasteiger partial charge in [-0.05, 0) is 49.4 Å². The Morgan fingerprint density at radius 2 is 1.93 bits per heavy atom. The Balaban J connectivity index is 1.80. The largest absolute Gasteiger partial charge is 0.472 e. The van der Waals surface area contributed by atoms with E-state index in [9.17, 15) is 4.79 Å². The van der Waals surface area contributed by atoms with Gasteiger partial charge in [-0.15, -0.1) is 0 Å². The Morgan fingerprint density at radius 3 is 2.71 bits per heavy atom. The SMILES string of the molecule is CCCCc1cc(=O)oc2c(C)c3c(cc12)CN(c1ccccc1CC)CO3. The van der Waals surface area contributed by atoms with Crippen molar-refractivity contribution in [3.63, 3.8) is 0 Å². The minimum atomic E-state index is -0.282. The molecule has 1 aliphatic rings. The Labute approximate surface area is 165 Å². The highest BCUT2D eigenvalue weighted by molar-refractivity contribution is 5.86. The van der Waals surface area contributed by atoms with Crippen LogP contribution in [0.3, 0.4) is 0 Å². The molecule has 1 aliphatic heterocycles. The second-order valence-electron chi connectivity index (χ2n) is 7.51. The summed E-state index contributed by atoms with van der Waals surface area (Å²) in [5, 5.41) is 1.04. The monoisotopic (exact) mass is 377 g/mol. The van der Waals surface area contributed by atoms with Crippen LogP contribution in [0, 0.1) is 6.92 Å². The van der Waals surface area contributed by atoms with Crippen LogP contribution in [-0.2, 0) is 19.4 Å². The van der Waals surface area contributed by atoms with Gasteiger partial charge in [0.15, 0.2) is 6.73 Å². The van der Waals surface area contributed by atoms with E-state index >= 15 is 0 Å². The smallest absolute Gasteiger partial charge is 0.336 e. The molecule has 0 atom stereocenters. The molecule has 146 valence electrons. The standard InChI is InChI=1S/C24H27NO3/c1-4-6-9-18-13-22(26)28-24-16(3)23-19(12-20(18)24)14-25(15-27-23)21-11-8-7-10-17(21)5-2/h7-8,10-13H,4-6,9,14-15H2,1-3H3. The minimum absolute atomic E-state index is 0.282. The molecule has 0 aliphatic carbocycles. The van der Waals surface area contributed by atoms with Crippen LogP contribution in [0.15, 0.2) is 45.6 Å². The summed E-state index contributed by atoms with van der Waals surface area (Å²) in [5.41, 5.74) is 6.07. The van der Waals surface area contributed by atoms with Gasteiger partial charge in [0.1, 0.15) is 11.3 Å². The summed E-state index contributed by atoms with van der Waals surface area (Å²) in [7, 11) is 0. The topological polar surface area (TPSA) is 42.7 Å². The summed E-state index contributed by atoms with van der Waals surface area (Å²) in [6.07, 6.45) is 4.03. The number of para-hydroxylation sites is 1. The van der Waals surface area contributed by atoms with Crippen molar-refractivity contribution in [1.29, 1.82) is 0 Å². The molecule has 4 nitrogen and oxygen atoms in total. The van der Waals surface area contributed by atoms with E-state index in [0.29, 0.717) is 12.3 Å². The lowest BCUT2D eigenvalue weighted by atomic mass is 9.98. The van der Waals surface area contributed by atoms with Gasteiger partial charge in [-0.1, -0.05) is 38.5 Å². The van der Waals surface area contributed by atoms with Crippen LogP contribution in [0.5, 0.6) is 5.75 Å². The quantitative estimate of drug-likeness (QED) is 0.561. The molecule has 0 fully saturated rings. The van der Waals surface area contributed by atoms with Crippen LogP contribution >= 0.6 is 0 Å². The molecule has 3 aromatic rings. The normalized spacial score (nSPS) is 13.5. The summed E-state index contributed by atoms with van der Waals surface area (Å²) in [4.78, 5) is 14.4. The highest BCUT2D eigenvalue weighted by Gasteiger charge is 2.24. The first-order valence-electron chi connectivity index (χ1n) is 10.2. The third-order valence-corrected chi connectivity index (χ3v) is 5.62. The zero-order valence-corrected chi connectivity index (χ0v) is 16.9. The molecule has 1 aromatic heterocycles. The molecule has 0 saturated heterocycles. The number of anilines is 1. The van der Waals surface area contributed by atoms with Crippen LogP contribution in [0.4, 0.5) is 5.69 Å². The first-order chi connectivity index (χ1) is 13.6. The van der Waals surface area contributed by atoms with Crippen molar-refractivity contribution in [3.8, 4) is 5.75 Å². The molecule has 2 heterocycles. The second kappa shape index (κ2) is 7.70. The van der Waals surface area contributed by atoms with E-state index < -0.39 is 0 Å².